The van der Waals surface area contributed by atoms with Crippen molar-refractivity contribution < 1.29 is 0 Å². The van der Waals surface area contributed by atoms with Crippen molar-refractivity contribution in [3.05, 3.63) is 34.6 Å². The van der Waals surface area contributed by atoms with Gasteiger partial charge in [-0.1, -0.05) is 15.9 Å². The quantitative estimate of drug-likeness (QED) is 0.806. The molecule has 2 aromatic heterocycles. The largest absolute Gasteiger partial charge is 0.319 e. The van der Waals surface area contributed by atoms with Crippen LogP contribution in [0.25, 0.3) is 16.8 Å². The fourth-order valence-corrected chi connectivity index (χ4v) is 2.62. The molecule has 5 heteroatoms. The summed E-state index contributed by atoms with van der Waals surface area (Å²) in [6.45, 7) is 0.977. The van der Waals surface area contributed by atoms with Crippen molar-refractivity contribution in [2.75, 3.05) is 13.6 Å². The van der Waals surface area contributed by atoms with Crippen molar-refractivity contribution in [3.8, 4) is 0 Å². The molecule has 4 nitrogen and oxygen atoms in total. The Hall–Kier alpha value is -1.33. The molecule has 0 aliphatic carbocycles. The zero-order chi connectivity index (χ0) is 12.7. The second-order valence-corrected chi connectivity index (χ2v) is 5.36. The van der Waals surface area contributed by atoms with E-state index in [2.05, 4.69) is 66.6 Å². The van der Waals surface area contributed by atoms with Gasteiger partial charge in [-0.3, -0.25) is 4.40 Å². The van der Waals surface area contributed by atoms with Gasteiger partial charge in [0, 0.05) is 36.4 Å². The van der Waals surface area contributed by atoms with Gasteiger partial charge in [-0.25, -0.2) is 4.98 Å². The van der Waals surface area contributed by atoms with E-state index in [0.29, 0.717) is 0 Å². The molecule has 0 saturated carbocycles. The first kappa shape index (κ1) is 11.7. The van der Waals surface area contributed by atoms with Gasteiger partial charge in [-0.2, -0.15) is 0 Å². The highest BCUT2D eigenvalue weighted by molar-refractivity contribution is 9.10. The van der Waals surface area contributed by atoms with Gasteiger partial charge in [0.15, 0.2) is 0 Å². The van der Waals surface area contributed by atoms with Gasteiger partial charge in [0.1, 0.15) is 0 Å². The van der Waals surface area contributed by atoms with Crippen LogP contribution in [0.3, 0.4) is 0 Å². The molecule has 0 fully saturated rings. The van der Waals surface area contributed by atoms with Crippen molar-refractivity contribution in [3.63, 3.8) is 0 Å². The molecule has 0 radical (unpaired) electrons. The van der Waals surface area contributed by atoms with Crippen LogP contribution in [0.5, 0.6) is 0 Å². The molecular weight excluding hydrogens is 292 g/mol. The predicted molar refractivity (Wildman–Crippen MR) is 77.0 cm³/mol. The van der Waals surface area contributed by atoms with Crippen LogP contribution in [-0.2, 0) is 13.5 Å². The maximum absolute atomic E-state index is 4.68. The van der Waals surface area contributed by atoms with Crippen molar-refractivity contribution in [2.45, 2.75) is 6.42 Å². The summed E-state index contributed by atoms with van der Waals surface area (Å²) in [5.74, 6) is 0.995. The molecule has 18 heavy (non-hydrogen) atoms. The summed E-state index contributed by atoms with van der Waals surface area (Å²) < 4.78 is 5.38. The molecule has 3 aromatic rings. The minimum Gasteiger partial charge on any atom is -0.319 e. The summed E-state index contributed by atoms with van der Waals surface area (Å²) in [5, 5.41) is 3.18. The number of nitrogens with one attached hydrogen (secondary N) is 1. The van der Waals surface area contributed by atoms with E-state index < -0.39 is 0 Å². The molecule has 0 unspecified atom stereocenters. The topological polar surface area (TPSA) is 34.3 Å². The summed E-state index contributed by atoms with van der Waals surface area (Å²) >= 11 is 3.48. The number of hydrogen-bond acceptors (Lipinski definition) is 2. The second kappa shape index (κ2) is 4.40. The molecule has 3 rings (SSSR count). The number of aryl methyl sites for hydroxylation is 1. The molecule has 0 aliphatic rings. The van der Waals surface area contributed by atoms with Crippen molar-refractivity contribution in [1.82, 2.24) is 19.3 Å². The zero-order valence-corrected chi connectivity index (χ0v) is 12.0. The smallest absolute Gasteiger partial charge is 0.214 e. The maximum atomic E-state index is 4.68. The predicted octanol–water partition coefficient (Wildman–Crippen LogP) is 2.35. The molecule has 0 spiro atoms. The third kappa shape index (κ3) is 1.74. The Balaban J connectivity index is 2.19. The molecular formula is C13H15BrN4. The first-order chi connectivity index (χ1) is 8.70. The summed E-state index contributed by atoms with van der Waals surface area (Å²) in [5.41, 5.74) is 3.46. The van der Waals surface area contributed by atoms with E-state index >= 15 is 0 Å². The standard InChI is InChI=1S/C13H15BrN4/c1-15-6-5-10-8-18-12-4-3-9(14)7-11(12)16-13(18)17(10)2/h3-4,7-8,15H,5-6H2,1-2H3. The Morgan fingerprint density at radius 3 is 3.00 bits per heavy atom. The average Bonchev–Trinajstić information content (AvgIpc) is 2.84. The van der Waals surface area contributed by atoms with E-state index in [0.717, 1.165) is 34.2 Å². The van der Waals surface area contributed by atoms with E-state index in [1.54, 1.807) is 0 Å². The zero-order valence-electron chi connectivity index (χ0n) is 10.4. The summed E-state index contributed by atoms with van der Waals surface area (Å²) in [6, 6.07) is 6.20. The van der Waals surface area contributed by atoms with Crippen LogP contribution in [0.15, 0.2) is 28.9 Å². The lowest BCUT2D eigenvalue weighted by atomic mass is 10.3. The fourth-order valence-electron chi connectivity index (χ4n) is 2.27. The van der Waals surface area contributed by atoms with Crippen LogP contribution in [-0.4, -0.2) is 27.5 Å². The molecule has 2 heterocycles. The number of rotatable bonds is 3. The van der Waals surface area contributed by atoms with Crippen LogP contribution in [0.1, 0.15) is 5.69 Å². The molecule has 0 saturated heterocycles. The van der Waals surface area contributed by atoms with Crippen LogP contribution < -0.4 is 5.32 Å². The number of hydrogen-bond donors (Lipinski definition) is 1. The number of imidazole rings is 2. The number of benzene rings is 1. The Bertz CT molecular complexity index is 710. The fraction of sp³-hybridized carbons (Fsp3) is 0.308. The van der Waals surface area contributed by atoms with Crippen molar-refractivity contribution in [2.24, 2.45) is 7.05 Å². The van der Waals surface area contributed by atoms with Crippen molar-refractivity contribution >= 4 is 32.7 Å². The molecule has 94 valence electrons. The lowest BCUT2D eigenvalue weighted by molar-refractivity contribution is 0.744. The van der Waals surface area contributed by atoms with E-state index in [1.807, 2.05) is 7.05 Å². The van der Waals surface area contributed by atoms with E-state index in [1.165, 1.54) is 5.69 Å². The van der Waals surface area contributed by atoms with Gasteiger partial charge in [0.05, 0.1) is 11.0 Å². The Morgan fingerprint density at radius 2 is 2.22 bits per heavy atom. The Labute approximate surface area is 114 Å². The second-order valence-electron chi connectivity index (χ2n) is 4.45. The SMILES string of the molecule is CNCCc1cn2c3ccc(Br)cc3nc2n1C. The lowest BCUT2D eigenvalue weighted by Crippen LogP contribution is -2.12. The summed E-state index contributed by atoms with van der Waals surface area (Å²) in [6.07, 6.45) is 3.18. The normalized spacial score (nSPS) is 11.7. The van der Waals surface area contributed by atoms with E-state index in [4.69, 9.17) is 0 Å². The minimum absolute atomic E-state index is 0.977. The molecule has 1 N–H and O–H groups in total. The number of likely N-dealkylation sites (N-methyl/N-ethyl adjacent to an activating group) is 1. The molecule has 0 amide bonds. The number of fused-ring (bicyclic) bond motifs is 3. The lowest BCUT2D eigenvalue weighted by Gasteiger charge is -2.00. The third-order valence-corrected chi connectivity index (χ3v) is 3.77. The Kier molecular flexibility index (Phi) is 2.87. The van der Waals surface area contributed by atoms with Gasteiger partial charge in [0.25, 0.3) is 0 Å². The summed E-state index contributed by atoms with van der Waals surface area (Å²) in [4.78, 5) is 4.68. The maximum Gasteiger partial charge on any atom is 0.214 e. The molecule has 0 atom stereocenters. The van der Waals surface area contributed by atoms with E-state index in [-0.39, 0.29) is 0 Å². The van der Waals surface area contributed by atoms with Crippen LogP contribution in [0.2, 0.25) is 0 Å². The van der Waals surface area contributed by atoms with Gasteiger partial charge >= 0.3 is 0 Å². The number of aromatic nitrogens is 3. The number of nitrogens with zero attached hydrogens (tertiary/aromatic N) is 3. The molecule has 0 aliphatic heterocycles. The van der Waals surface area contributed by atoms with Gasteiger partial charge in [-0.15, -0.1) is 0 Å². The first-order valence-corrected chi connectivity index (χ1v) is 6.76. The van der Waals surface area contributed by atoms with Crippen molar-refractivity contribution in [1.29, 1.82) is 0 Å². The summed E-state index contributed by atoms with van der Waals surface area (Å²) in [7, 11) is 4.04. The Morgan fingerprint density at radius 1 is 1.39 bits per heavy atom. The number of halogens is 1. The minimum atomic E-state index is 0.977. The van der Waals surface area contributed by atoms with Gasteiger partial charge < -0.3 is 9.88 Å². The van der Waals surface area contributed by atoms with Gasteiger partial charge in [0.2, 0.25) is 5.78 Å². The highest BCUT2D eigenvalue weighted by Crippen LogP contribution is 2.22. The van der Waals surface area contributed by atoms with E-state index in [9.17, 15) is 0 Å². The third-order valence-electron chi connectivity index (χ3n) is 3.27. The van der Waals surface area contributed by atoms with Gasteiger partial charge in [-0.05, 0) is 25.2 Å². The highest BCUT2D eigenvalue weighted by Gasteiger charge is 2.11. The molecule has 0 bridgehead atoms. The van der Waals surface area contributed by atoms with Crippen LogP contribution in [0.4, 0.5) is 0 Å². The first-order valence-electron chi connectivity index (χ1n) is 5.97. The van der Waals surface area contributed by atoms with Crippen LogP contribution >= 0.6 is 15.9 Å². The average molecular weight is 307 g/mol. The molecule has 1 aromatic carbocycles. The van der Waals surface area contributed by atoms with Crippen LogP contribution in [0, 0.1) is 0 Å². The highest BCUT2D eigenvalue weighted by atomic mass is 79.9. The monoisotopic (exact) mass is 306 g/mol.